The molecule has 0 heterocycles. The van der Waals surface area contributed by atoms with Crippen molar-refractivity contribution in [2.75, 3.05) is 0 Å². The smallest absolute Gasteiger partial charge is 0.161 e. The van der Waals surface area contributed by atoms with Crippen molar-refractivity contribution in [1.82, 2.24) is 0 Å². The molecule has 5 heteroatoms. The number of rotatable bonds is 1. The predicted molar refractivity (Wildman–Crippen MR) is 67.2 cm³/mol. The van der Waals surface area contributed by atoms with Crippen LogP contribution in [0.2, 0.25) is 0 Å². The van der Waals surface area contributed by atoms with Crippen molar-refractivity contribution in [3.8, 4) is 0 Å². The van der Waals surface area contributed by atoms with Crippen LogP contribution >= 0.6 is 63.7 Å². The third-order valence-electron chi connectivity index (χ3n) is 1.48. The van der Waals surface area contributed by atoms with Gasteiger partial charge in [0, 0.05) is 23.5 Å². The van der Waals surface area contributed by atoms with Crippen molar-refractivity contribution in [1.29, 1.82) is 0 Å². The van der Waals surface area contributed by atoms with E-state index in [2.05, 4.69) is 63.7 Å². The maximum atomic E-state index is 11.2. The largest absolute Gasteiger partial charge is 0.294 e. The Hall–Kier alpha value is 0.810. The monoisotopic (exact) mass is 432 g/mol. The van der Waals surface area contributed by atoms with Crippen molar-refractivity contribution < 1.29 is 4.79 Å². The topological polar surface area (TPSA) is 17.1 Å². The molecule has 1 aromatic rings. The van der Waals surface area contributed by atoms with Crippen molar-refractivity contribution in [3.63, 3.8) is 0 Å². The first-order valence-electron chi connectivity index (χ1n) is 3.29. The number of hydrogen-bond donors (Lipinski definition) is 0. The van der Waals surface area contributed by atoms with Gasteiger partial charge in [-0.15, -0.1) is 0 Å². The molecule has 1 rings (SSSR count). The van der Waals surface area contributed by atoms with Crippen molar-refractivity contribution in [2.45, 2.75) is 6.92 Å². The summed E-state index contributed by atoms with van der Waals surface area (Å²) in [5.74, 6) is 0.0285. The molecule has 0 radical (unpaired) electrons. The van der Waals surface area contributed by atoms with E-state index in [1.807, 2.05) is 0 Å². The van der Waals surface area contributed by atoms with Gasteiger partial charge in [0.2, 0.25) is 0 Å². The second kappa shape index (κ2) is 4.55. The Morgan fingerprint density at radius 3 is 2.08 bits per heavy atom. The third kappa shape index (κ3) is 2.43. The zero-order chi connectivity index (χ0) is 10.2. The summed E-state index contributed by atoms with van der Waals surface area (Å²) in [6, 6.07) is 1.78. The summed E-state index contributed by atoms with van der Waals surface area (Å²) < 4.78 is 3.36. The van der Waals surface area contributed by atoms with E-state index >= 15 is 0 Å². The van der Waals surface area contributed by atoms with Crippen molar-refractivity contribution in [3.05, 3.63) is 29.5 Å². The van der Waals surface area contributed by atoms with Gasteiger partial charge in [0.25, 0.3) is 0 Å². The summed E-state index contributed by atoms with van der Waals surface area (Å²) in [7, 11) is 0. The molecule has 13 heavy (non-hydrogen) atoms. The summed E-state index contributed by atoms with van der Waals surface area (Å²) in [5.41, 5.74) is 0.655. The highest BCUT2D eigenvalue weighted by Crippen LogP contribution is 2.38. The molecule has 0 spiro atoms. The average molecular weight is 436 g/mol. The summed E-state index contributed by atoms with van der Waals surface area (Å²) in [4.78, 5) is 11.2. The van der Waals surface area contributed by atoms with Gasteiger partial charge in [-0.2, -0.15) is 0 Å². The van der Waals surface area contributed by atoms with Gasteiger partial charge >= 0.3 is 0 Å². The van der Waals surface area contributed by atoms with Crippen LogP contribution in [-0.2, 0) is 0 Å². The number of benzene rings is 1. The van der Waals surface area contributed by atoms with Crippen LogP contribution in [0, 0.1) is 0 Å². The first-order chi connectivity index (χ1) is 5.95. The summed E-state index contributed by atoms with van der Waals surface area (Å²) in [6.45, 7) is 1.53. The third-order valence-corrected chi connectivity index (χ3v) is 6.14. The Bertz CT molecular complexity index is 373. The summed E-state index contributed by atoms with van der Waals surface area (Å²) in [6.07, 6.45) is 0. The van der Waals surface area contributed by atoms with E-state index in [4.69, 9.17) is 0 Å². The number of carbonyl (C=O) groups excluding carboxylic acids is 1. The van der Waals surface area contributed by atoms with Crippen molar-refractivity contribution in [2.24, 2.45) is 0 Å². The van der Waals surface area contributed by atoms with Crippen LogP contribution in [-0.4, -0.2) is 5.78 Å². The fourth-order valence-corrected chi connectivity index (χ4v) is 3.12. The number of carbonyl (C=O) groups is 1. The molecule has 0 N–H and O–H groups in total. The Kier molecular flexibility index (Phi) is 4.16. The molecule has 0 saturated carbocycles. The van der Waals surface area contributed by atoms with Crippen LogP contribution in [0.15, 0.2) is 24.0 Å². The highest BCUT2D eigenvalue weighted by Gasteiger charge is 2.13. The maximum Gasteiger partial charge on any atom is 0.161 e. The van der Waals surface area contributed by atoms with Crippen LogP contribution in [0.4, 0.5) is 0 Å². The minimum absolute atomic E-state index is 0.0285. The minimum Gasteiger partial charge on any atom is -0.294 e. The number of ketones is 1. The SMILES string of the molecule is CC(=O)c1cc(Br)c(Br)c(Br)c1Br. The van der Waals surface area contributed by atoms with Gasteiger partial charge < -0.3 is 0 Å². The second-order valence-electron chi connectivity index (χ2n) is 2.40. The Labute approximate surface area is 110 Å². The molecule has 0 bridgehead atoms. The average Bonchev–Trinajstić information content (AvgIpc) is 2.07. The second-order valence-corrected chi connectivity index (χ2v) is 5.64. The Morgan fingerprint density at radius 1 is 1.08 bits per heavy atom. The highest BCUT2D eigenvalue weighted by molar-refractivity contribution is 9.15. The van der Waals surface area contributed by atoms with Crippen LogP contribution in [0.5, 0.6) is 0 Å². The fourth-order valence-electron chi connectivity index (χ4n) is 0.829. The molecule has 0 aliphatic rings. The van der Waals surface area contributed by atoms with Gasteiger partial charge in [0.1, 0.15) is 0 Å². The van der Waals surface area contributed by atoms with Gasteiger partial charge in [-0.25, -0.2) is 0 Å². The Balaban J connectivity index is 3.50. The predicted octanol–water partition coefficient (Wildman–Crippen LogP) is 4.94. The molecule has 1 nitrogen and oxygen atoms in total. The highest BCUT2D eigenvalue weighted by atomic mass is 79.9. The molecule has 0 aliphatic carbocycles. The summed E-state index contributed by atoms with van der Waals surface area (Å²) >= 11 is 13.4. The molecule has 0 aliphatic heterocycles. The Morgan fingerprint density at radius 2 is 1.62 bits per heavy atom. The van der Waals surface area contributed by atoms with E-state index in [-0.39, 0.29) is 5.78 Å². The molecule has 0 amide bonds. The first-order valence-corrected chi connectivity index (χ1v) is 6.46. The lowest BCUT2D eigenvalue weighted by Crippen LogP contribution is -1.95. The van der Waals surface area contributed by atoms with E-state index < -0.39 is 0 Å². The van der Waals surface area contributed by atoms with Gasteiger partial charge in [0.15, 0.2) is 5.78 Å². The quantitative estimate of drug-likeness (QED) is 0.347. The molecular weight excluding hydrogens is 432 g/mol. The summed E-state index contributed by atoms with van der Waals surface area (Å²) in [5, 5.41) is 0. The lowest BCUT2D eigenvalue weighted by Gasteiger charge is -2.06. The normalized spacial score (nSPS) is 10.2. The van der Waals surface area contributed by atoms with E-state index in [1.54, 1.807) is 6.07 Å². The van der Waals surface area contributed by atoms with Crippen LogP contribution in [0.3, 0.4) is 0 Å². The number of hydrogen-bond acceptors (Lipinski definition) is 1. The minimum atomic E-state index is 0.0285. The molecule has 0 aromatic heterocycles. The van der Waals surface area contributed by atoms with E-state index in [9.17, 15) is 4.79 Å². The molecule has 0 unspecified atom stereocenters. The molecule has 70 valence electrons. The van der Waals surface area contributed by atoms with Gasteiger partial charge in [0.05, 0.1) is 0 Å². The van der Waals surface area contributed by atoms with Crippen LogP contribution < -0.4 is 0 Å². The van der Waals surface area contributed by atoms with E-state index in [0.29, 0.717) is 5.56 Å². The lowest BCUT2D eigenvalue weighted by atomic mass is 10.1. The van der Waals surface area contributed by atoms with Gasteiger partial charge in [-0.1, -0.05) is 0 Å². The van der Waals surface area contributed by atoms with E-state index in [1.165, 1.54) is 6.92 Å². The number of Topliss-reactive ketones (excluding diaryl/α,β-unsaturated/α-hetero) is 1. The van der Waals surface area contributed by atoms with Crippen LogP contribution in [0.1, 0.15) is 17.3 Å². The molecule has 0 atom stereocenters. The molecule has 1 aromatic carbocycles. The van der Waals surface area contributed by atoms with Crippen LogP contribution in [0.25, 0.3) is 0 Å². The fraction of sp³-hybridized carbons (Fsp3) is 0.125. The number of halogens is 4. The molecule has 0 fully saturated rings. The van der Waals surface area contributed by atoms with Gasteiger partial charge in [-0.05, 0) is 76.7 Å². The maximum absolute atomic E-state index is 11.2. The van der Waals surface area contributed by atoms with Gasteiger partial charge in [-0.3, -0.25) is 4.79 Å². The zero-order valence-electron chi connectivity index (χ0n) is 6.50. The first kappa shape index (κ1) is 11.9. The molecular formula is C8H4Br4O. The molecule has 0 saturated heterocycles. The van der Waals surface area contributed by atoms with E-state index in [0.717, 1.165) is 17.9 Å². The lowest BCUT2D eigenvalue weighted by molar-refractivity contribution is 0.101. The standard InChI is InChI=1S/C8H4Br4O/c1-3(13)4-2-5(9)7(11)8(12)6(4)10/h2H,1H3. The van der Waals surface area contributed by atoms with Crippen molar-refractivity contribution >= 4 is 69.5 Å². The zero-order valence-corrected chi connectivity index (χ0v) is 12.8.